The smallest absolute Gasteiger partial charge is 0.338 e. The number of carbonyl (C=O) groups excluding carboxylic acids is 3. The average molecular weight is 377 g/mol. The van der Waals surface area contributed by atoms with E-state index in [0.29, 0.717) is 5.69 Å². The van der Waals surface area contributed by atoms with E-state index in [1.165, 1.54) is 48.8 Å². The van der Waals surface area contributed by atoms with Gasteiger partial charge in [0.2, 0.25) is 5.91 Å². The lowest BCUT2D eigenvalue weighted by molar-refractivity contribution is -0.119. The Balaban J connectivity index is 1.91. The van der Waals surface area contributed by atoms with E-state index in [1.807, 2.05) is 4.72 Å². The normalized spacial score (nSPS) is 10.7. The van der Waals surface area contributed by atoms with Crippen molar-refractivity contribution in [1.82, 2.24) is 9.71 Å². The van der Waals surface area contributed by atoms with Crippen molar-refractivity contribution in [3.63, 3.8) is 0 Å². The summed E-state index contributed by atoms with van der Waals surface area (Å²) in [4.78, 5) is 38.0. The van der Waals surface area contributed by atoms with Crippen molar-refractivity contribution in [2.45, 2.75) is 11.8 Å². The molecule has 10 heteroatoms. The number of rotatable bonds is 6. The van der Waals surface area contributed by atoms with Gasteiger partial charge in [-0.15, -0.1) is 0 Å². The van der Waals surface area contributed by atoms with Gasteiger partial charge in [-0.05, 0) is 36.4 Å². The van der Waals surface area contributed by atoms with E-state index in [-0.39, 0.29) is 10.5 Å². The van der Waals surface area contributed by atoms with Gasteiger partial charge in [0.25, 0.3) is 15.9 Å². The summed E-state index contributed by atoms with van der Waals surface area (Å²) in [7, 11) is -3.94. The number of hydrogen-bond donors (Lipinski definition) is 2. The van der Waals surface area contributed by atoms with Gasteiger partial charge >= 0.3 is 5.97 Å². The van der Waals surface area contributed by atoms with Gasteiger partial charge in [-0.25, -0.2) is 17.9 Å². The van der Waals surface area contributed by atoms with Crippen molar-refractivity contribution in [3.05, 3.63) is 54.4 Å². The van der Waals surface area contributed by atoms with Crippen molar-refractivity contribution in [3.8, 4) is 0 Å². The van der Waals surface area contributed by atoms with Crippen LogP contribution in [0.5, 0.6) is 0 Å². The molecule has 0 atom stereocenters. The monoisotopic (exact) mass is 377 g/mol. The second kappa shape index (κ2) is 8.21. The van der Waals surface area contributed by atoms with Crippen LogP contribution in [0.4, 0.5) is 5.69 Å². The lowest BCUT2D eigenvalue weighted by Crippen LogP contribution is -2.28. The Labute approximate surface area is 149 Å². The van der Waals surface area contributed by atoms with Crippen LogP contribution in [0.2, 0.25) is 0 Å². The molecule has 0 fully saturated rings. The Hall–Kier alpha value is -3.27. The summed E-state index contributed by atoms with van der Waals surface area (Å²) in [6.07, 6.45) is 2.85. The van der Waals surface area contributed by atoms with E-state index in [4.69, 9.17) is 4.74 Å². The molecule has 2 rings (SSSR count). The van der Waals surface area contributed by atoms with Gasteiger partial charge in [0.15, 0.2) is 6.61 Å². The Kier molecular flexibility index (Phi) is 6.02. The van der Waals surface area contributed by atoms with Crippen LogP contribution in [0.3, 0.4) is 0 Å². The third-order valence-corrected chi connectivity index (χ3v) is 4.43. The third-order valence-electron chi connectivity index (χ3n) is 2.98. The van der Waals surface area contributed by atoms with Crippen LogP contribution >= 0.6 is 0 Å². The zero-order chi connectivity index (χ0) is 19.2. The number of nitrogens with one attached hydrogen (secondary N) is 2. The Bertz CT molecular complexity index is 911. The number of hydrogen-bond acceptors (Lipinski definition) is 7. The SMILES string of the molecule is CC(=O)NS(=O)(=O)c1ccc(NC(=O)COC(=O)c2ccncc2)cc1. The maximum absolute atomic E-state index is 11.8. The van der Waals surface area contributed by atoms with E-state index in [0.717, 1.165) is 6.92 Å². The first-order valence-corrected chi connectivity index (χ1v) is 8.77. The predicted octanol–water partition coefficient (Wildman–Crippen LogP) is 0.702. The van der Waals surface area contributed by atoms with Crippen molar-refractivity contribution < 1.29 is 27.5 Å². The maximum Gasteiger partial charge on any atom is 0.338 e. The van der Waals surface area contributed by atoms with E-state index in [9.17, 15) is 22.8 Å². The molecule has 1 aromatic heterocycles. The first-order chi connectivity index (χ1) is 12.3. The van der Waals surface area contributed by atoms with Crippen molar-refractivity contribution in [2.24, 2.45) is 0 Å². The second-order valence-corrected chi connectivity index (χ2v) is 6.73. The molecule has 0 aliphatic carbocycles. The van der Waals surface area contributed by atoms with E-state index in [2.05, 4.69) is 10.3 Å². The highest BCUT2D eigenvalue weighted by molar-refractivity contribution is 7.90. The van der Waals surface area contributed by atoms with Crippen LogP contribution in [0.1, 0.15) is 17.3 Å². The standard InChI is InChI=1S/C16H15N3O6S/c1-11(20)19-26(23,24)14-4-2-13(3-5-14)18-15(21)10-25-16(22)12-6-8-17-9-7-12/h2-9H,10H2,1H3,(H,18,21)(H,19,20). The molecular weight excluding hydrogens is 362 g/mol. The van der Waals surface area contributed by atoms with Crippen LogP contribution in [-0.2, 0) is 24.3 Å². The minimum Gasteiger partial charge on any atom is -0.452 e. The number of esters is 1. The molecule has 0 unspecified atom stereocenters. The number of carbonyl (C=O) groups is 3. The molecule has 0 saturated carbocycles. The highest BCUT2D eigenvalue weighted by Gasteiger charge is 2.15. The second-order valence-electron chi connectivity index (χ2n) is 5.05. The fourth-order valence-electron chi connectivity index (χ4n) is 1.87. The summed E-state index contributed by atoms with van der Waals surface area (Å²) >= 11 is 0. The number of pyridine rings is 1. The topological polar surface area (TPSA) is 132 Å². The summed E-state index contributed by atoms with van der Waals surface area (Å²) in [6, 6.07) is 8.05. The summed E-state index contributed by atoms with van der Waals surface area (Å²) < 4.78 is 30.3. The van der Waals surface area contributed by atoms with Crippen LogP contribution in [0, 0.1) is 0 Å². The van der Waals surface area contributed by atoms with Crippen LogP contribution in [0.25, 0.3) is 0 Å². The number of aromatic nitrogens is 1. The highest BCUT2D eigenvalue weighted by Crippen LogP contribution is 2.14. The molecule has 2 aromatic rings. The molecule has 0 radical (unpaired) electrons. The molecule has 0 bridgehead atoms. The molecule has 26 heavy (non-hydrogen) atoms. The van der Waals surface area contributed by atoms with Gasteiger partial charge in [-0.2, -0.15) is 0 Å². The van der Waals surface area contributed by atoms with Crippen LogP contribution < -0.4 is 10.0 Å². The average Bonchev–Trinajstić information content (AvgIpc) is 2.60. The van der Waals surface area contributed by atoms with Crippen molar-refractivity contribution >= 4 is 33.5 Å². The molecule has 0 spiro atoms. The van der Waals surface area contributed by atoms with E-state index in [1.54, 1.807) is 0 Å². The molecule has 2 amide bonds. The molecule has 136 valence electrons. The maximum atomic E-state index is 11.8. The quantitative estimate of drug-likeness (QED) is 0.708. The van der Waals surface area contributed by atoms with E-state index >= 15 is 0 Å². The number of benzene rings is 1. The molecule has 2 N–H and O–H groups in total. The Morgan fingerprint density at radius 1 is 1.04 bits per heavy atom. The van der Waals surface area contributed by atoms with Gasteiger partial charge in [0.1, 0.15) is 0 Å². The first-order valence-electron chi connectivity index (χ1n) is 7.28. The van der Waals surface area contributed by atoms with Crippen molar-refractivity contribution in [1.29, 1.82) is 0 Å². The molecule has 0 saturated heterocycles. The minimum absolute atomic E-state index is 0.130. The molecular formula is C16H15N3O6S. The van der Waals surface area contributed by atoms with Crippen LogP contribution in [-0.4, -0.2) is 37.8 Å². The summed E-state index contributed by atoms with van der Waals surface area (Å²) in [5, 5.41) is 2.46. The van der Waals surface area contributed by atoms with E-state index < -0.39 is 34.4 Å². The third kappa shape index (κ3) is 5.38. The number of amides is 2. The number of sulfonamides is 1. The Morgan fingerprint density at radius 2 is 1.65 bits per heavy atom. The van der Waals surface area contributed by atoms with Crippen LogP contribution in [0.15, 0.2) is 53.7 Å². The van der Waals surface area contributed by atoms with Gasteiger partial charge in [-0.3, -0.25) is 14.6 Å². The minimum atomic E-state index is -3.94. The fourth-order valence-corrected chi connectivity index (χ4v) is 2.86. The zero-order valence-corrected chi connectivity index (χ0v) is 14.4. The molecule has 0 aliphatic heterocycles. The first kappa shape index (κ1) is 19.1. The zero-order valence-electron chi connectivity index (χ0n) is 13.6. The van der Waals surface area contributed by atoms with Gasteiger partial charge < -0.3 is 10.1 Å². The summed E-state index contributed by atoms with van der Waals surface area (Å²) in [5.74, 6) is -1.97. The largest absolute Gasteiger partial charge is 0.452 e. The summed E-state index contributed by atoms with van der Waals surface area (Å²) in [5.41, 5.74) is 0.567. The fraction of sp³-hybridized carbons (Fsp3) is 0.125. The number of ether oxygens (including phenoxy) is 1. The lowest BCUT2D eigenvalue weighted by atomic mass is 10.3. The van der Waals surface area contributed by atoms with Gasteiger partial charge in [0.05, 0.1) is 10.5 Å². The number of anilines is 1. The van der Waals surface area contributed by atoms with Gasteiger partial charge in [-0.1, -0.05) is 0 Å². The molecule has 0 aliphatic rings. The lowest BCUT2D eigenvalue weighted by Gasteiger charge is -2.08. The molecule has 1 aromatic carbocycles. The highest BCUT2D eigenvalue weighted by atomic mass is 32.2. The Morgan fingerprint density at radius 3 is 2.23 bits per heavy atom. The molecule has 9 nitrogen and oxygen atoms in total. The van der Waals surface area contributed by atoms with Gasteiger partial charge in [0, 0.05) is 25.0 Å². The summed E-state index contributed by atoms with van der Waals surface area (Å²) in [6.45, 7) is 0.576. The number of nitrogens with zero attached hydrogens (tertiary/aromatic N) is 1. The van der Waals surface area contributed by atoms with Crippen molar-refractivity contribution in [2.75, 3.05) is 11.9 Å². The predicted molar refractivity (Wildman–Crippen MR) is 90.6 cm³/mol. The molecule has 1 heterocycles.